The first kappa shape index (κ1) is 8.68. The van der Waals surface area contributed by atoms with E-state index in [1.165, 1.54) is 15.6 Å². The third-order valence-electron chi connectivity index (χ3n) is 1.52. The Balaban J connectivity index is 2.73. The molecule has 1 aromatic heterocycles. The maximum atomic E-state index is 4.43. The van der Waals surface area contributed by atoms with Gasteiger partial charge in [-0.3, -0.25) is 0 Å². The summed E-state index contributed by atoms with van der Waals surface area (Å²) in [5, 5.41) is 1.21. The fraction of sp³-hybridized carbons (Fsp3) is 0.625. The summed E-state index contributed by atoms with van der Waals surface area (Å²) < 4.78 is 0. The molecule has 1 heterocycles. The van der Waals surface area contributed by atoms with E-state index in [2.05, 4.69) is 37.8 Å². The van der Waals surface area contributed by atoms with Gasteiger partial charge in [0.2, 0.25) is 0 Å². The highest BCUT2D eigenvalue weighted by Gasteiger charge is 2.03. The summed E-state index contributed by atoms with van der Waals surface area (Å²) >= 11 is 1.79. The van der Waals surface area contributed by atoms with Crippen molar-refractivity contribution in [3.8, 4) is 0 Å². The van der Waals surface area contributed by atoms with Crippen LogP contribution in [0.1, 0.15) is 15.6 Å². The largest absolute Gasteiger partial charge is 0.303 e. The van der Waals surface area contributed by atoms with Crippen molar-refractivity contribution in [3.63, 3.8) is 0 Å². The van der Waals surface area contributed by atoms with Crippen LogP contribution in [0.15, 0.2) is 0 Å². The van der Waals surface area contributed by atoms with E-state index in [1.54, 1.807) is 11.3 Å². The number of thiazole rings is 1. The normalized spacial score (nSPS) is 11.0. The van der Waals surface area contributed by atoms with Crippen LogP contribution in [-0.4, -0.2) is 24.0 Å². The van der Waals surface area contributed by atoms with Crippen LogP contribution in [0.4, 0.5) is 0 Å². The van der Waals surface area contributed by atoms with Crippen molar-refractivity contribution in [1.82, 2.24) is 9.88 Å². The second kappa shape index (κ2) is 3.32. The molecule has 0 fully saturated rings. The average Bonchev–Trinajstić information content (AvgIpc) is 2.10. The van der Waals surface area contributed by atoms with Crippen LogP contribution in [0.2, 0.25) is 0 Å². The van der Waals surface area contributed by atoms with Crippen LogP contribution in [0.5, 0.6) is 0 Å². The molecule has 0 aromatic carbocycles. The second-order valence-corrected chi connectivity index (χ2v) is 4.27. The van der Waals surface area contributed by atoms with E-state index in [0.29, 0.717) is 0 Å². The van der Waals surface area contributed by atoms with Gasteiger partial charge in [0.1, 0.15) is 5.01 Å². The van der Waals surface area contributed by atoms with Gasteiger partial charge in [-0.1, -0.05) is 0 Å². The molecule has 0 bridgehead atoms. The van der Waals surface area contributed by atoms with Gasteiger partial charge in [0.25, 0.3) is 0 Å². The lowest BCUT2D eigenvalue weighted by Gasteiger charge is -2.04. The highest BCUT2D eigenvalue weighted by Crippen LogP contribution is 2.16. The van der Waals surface area contributed by atoms with Gasteiger partial charge < -0.3 is 4.90 Å². The summed E-state index contributed by atoms with van der Waals surface area (Å²) in [6.45, 7) is 5.14. The molecule has 0 spiro atoms. The molecular formula is C8H14N2S. The maximum absolute atomic E-state index is 4.43. The zero-order valence-corrected chi connectivity index (χ0v) is 8.33. The predicted octanol–water partition coefficient (Wildman–Crippen LogP) is 1.82. The predicted molar refractivity (Wildman–Crippen MR) is 49.0 cm³/mol. The molecule has 0 aliphatic carbocycles. The summed E-state index contributed by atoms with van der Waals surface area (Å²) in [5.74, 6) is 0. The van der Waals surface area contributed by atoms with Crippen LogP contribution >= 0.6 is 11.3 Å². The molecule has 0 atom stereocenters. The standard InChI is InChI=1S/C8H14N2S/c1-6-7(2)11-8(9-6)5-10(3)4/h5H2,1-4H3. The zero-order valence-electron chi connectivity index (χ0n) is 7.51. The van der Waals surface area contributed by atoms with Gasteiger partial charge >= 0.3 is 0 Å². The summed E-state index contributed by atoms with van der Waals surface area (Å²) in [4.78, 5) is 7.90. The van der Waals surface area contributed by atoms with Gasteiger partial charge in [-0.15, -0.1) is 11.3 Å². The molecule has 0 unspecified atom stereocenters. The molecule has 1 rings (SSSR count). The lowest BCUT2D eigenvalue weighted by atomic mass is 10.4. The van der Waals surface area contributed by atoms with Gasteiger partial charge in [0.05, 0.1) is 5.69 Å². The summed E-state index contributed by atoms with van der Waals surface area (Å²) in [5.41, 5.74) is 1.17. The SMILES string of the molecule is Cc1nc(CN(C)C)sc1C. The first-order chi connectivity index (χ1) is 5.09. The maximum Gasteiger partial charge on any atom is 0.107 e. The summed E-state index contributed by atoms with van der Waals surface area (Å²) in [7, 11) is 4.12. The number of nitrogens with zero attached hydrogens (tertiary/aromatic N) is 2. The lowest BCUT2D eigenvalue weighted by molar-refractivity contribution is 0.401. The van der Waals surface area contributed by atoms with Gasteiger partial charge in [-0.2, -0.15) is 0 Å². The number of hydrogen-bond donors (Lipinski definition) is 0. The Bertz CT molecular complexity index is 221. The third kappa shape index (κ3) is 2.27. The molecule has 62 valence electrons. The average molecular weight is 170 g/mol. The van der Waals surface area contributed by atoms with Crippen molar-refractivity contribution in [2.75, 3.05) is 14.1 Å². The van der Waals surface area contributed by atoms with E-state index in [9.17, 15) is 0 Å². The quantitative estimate of drug-likeness (QED) is 0.673. The minimum Gasteiger partial charge on any atom is -0.303 e. The fourth-order valence-electron chi connectivity index (χ4n) is 0.877. The smallest absolute Gasteiger partial charge is 0.107 e. The van der Waals surface area contributed by atoms with Crippen LogP contribution < -0.4 is 0 Å². The molecule has 2 nitrogen and oxygen atoms in total. The van der Waals surface area contributed by atoms with Crippen molar-refractivity contribution in [2.45, 2.75) is 20.4 Å². The van der Waals surface area contributed by atoms with Gasteiger partial charge in [-0.05, 0) is 27.9 Å². The third-order valence-corrected chi connectivity index (χ3v) is 2.58. The van der Waals surface area contributed by atoms with E-state index >= 15 is 0 Å². The van der Waals surface area contributed by atoms with E-state index in [0.717, 1.165) is 6.54 Å². The monoisotopic (exact) mass is 170 g/mol. The minimum absolute atomic E-state index is 0.958. The van der Waals surface area contributed by atoms with Gasteiger partial charge in [0.15, 0.2) is 0 Å². The molecule has 0 aliphatic heterocycles. The Morgan fingerprint density at radius 2 is 2.00 bits per heavy atom. The Labute approximate surface area is 71.9 Å². The van der Waals surface area contributed by atoms with E-state index in [-0.39, 0.29) is 0 Å². The first-order valence-corrected chi connectivity index (χ1v) is 4.49. The molecule has 0 radical (unpaired) electrons. The Hall–Kier alpha value is -0.410. The first-order valence-electron chi connectivity index (χ1n) is 3.67. The van der Waals surface area contributed by atoms with Crippen molar-refractivity contribution < 1.29 is 0 Å². The molecule has 0 aliphatic rings. The molecule has 0 amide bonds. The van der Waals surface area contributed by atoms with Crippen molar-refractivity contribution in [2.24, 2.45) is 0 Å². The van der Waals surface area contributed by atoms with E-state index < -0.39 is 0 Å². The minimum atomic E-state index is 0.958. The Morgan fingerprint density at radius 3 is 2.36 bits per heavy atom. The van der Waals surface area contributed by atoms with Crippen LogP contribution in [0.25, 0.3) is 0 Å². The van der Waals surface area contributed by atoms with E-state index in [4.69, 9.17) is 0 Å². The topological polar surface area (TPSA) is 16.1 Å². The molecule has 0 saturated carbocycles. The zero-order chi connectivity index (χ0) is 8.43. The Morgan fingerprint density at radius 1 is 1.36 bits per heavy atom. The second-order valence-electron chi connectivity index (χ2n) is 2.99. The van der Waals surface area contributed by atoms with Crippen LogP contribution in [0, 0.1) is 13.8 Å². The van der Waals surface area contributed by atoms with Crippen molar-refractivity contribution >= 4 is 11.3 Å². The molecule has 0 saturated heterocycles. The highest BCUT2D eigenvalue weighted by molar-refractivity contribution is 7.11. The number of aromatic nitrogens is 1. The van der Waals surface area contributed by atoms with Gasteiger partial charge in [-0.25, -0.2) is 4.98 Å². The summed E-state index contributed by atoms with van der Waals surface area (Å²) in [6, 6.07) is 0. The number of hydrogen-bond acceptors (Lipinski definition) is 3. The molecule has 0 N–H and O–H groups in total. The molecule has 1 aromatic rings. The lowest BCUT2D eigenvalue weighted by Crippen LogP contribution is -2.10. The molecule has 3 heteroatoms. The number of aryl methyl sites for hydroxylation is 2. The summed E-state index contributed by atoms with van der Waals surface area (Å²) in [6.07, 6.45) is 0. The van der Waals surface area contributed by atoms with E-state index in [1.807, 2.05) is 0 Å². The van der Waals surface area contributed by atoms with Gasteiger partial charge in [0, 0.05) is 11.4 Å². The van der Waals surface area contributed by atoms with Crippen LogP contribution in [-0.2, 0) is 6.54 Å². The van der Waals surface area contributed by atoms with Crippen molar-refractivity contribution in [3.05, 3.63) is 15.6 Å². The molecular weight excluding hydrogens is 156 g/mol. The van der Waals surface area contributed by atoms with Crippen molar-refractivity contribution in [1.29, 1.82) is 0 Å². The van der Waals surface area contributed by atoms with Crippen LogP contribution in [0.3, 0.4) is 0 Å². The highest BCUT2D eigenvalue weighted by atomic mass is 32.1. The fourth-order valence-corrected chi connectivity index (χ4v) is 1.93. The number of rotatable bonds is 2. The Kier molecular flexibility index (Phi) is 2.62. The molecule has 11 heavy (non-hydrogen) atoms.